The van der Waals surface area contributed by atoms with Crippen molar-refractivity contribution in [3.8, 4) is 0 Å². The smallest absolute Gasteiger partial charge is 0.325 e. The largest absolute Gasteiger partial charge is 0.468 e. The summed E-state index contributed by atoms with van der Waals surface area (Å²) in [6.07, 6.45) is 2.77. The number of methoxy groups -OCH3 is 1. The third-order valence-corrected chi connectivity index (χ3v) is 3.00. The van der Waals surface area contributed by atoms with Crippen molar-refractivity contribution in [3.63, 3.8) is 0 Å². The van der Waals surface area contributed by atoms with Gasteiger partial charge < -0.3 is 14.6 Å². The average Bonchev–Trinajstić information content (AvgIpc) is 2.68. The number of aromatic nitrogens is 2. The van der Waals surface area contributed by atoms with Crippen molar-refractivity contribution in [3.05, 3.63) is 16.7 Å². The van der Waals surface area contributed by atoms with E-state index in [0.717, 1.165) is 25.1 Å². The molecule has 0 unspecified atom stereocenters. The summed E-state index contributed by atoms with van der Waals surface area (Å²) < 4.78 is 6.10. The van der Waals surface area contributed by atoms with E-state index in [0.29, 0.717) is 0 Å². The predicted octanol–water partition coefficient (Wildman–Crippen LogP) is 1.32. The maximum Gasteiger partial charge on any atom is 0.325 e. The highest BCUT2D eigenvalue weighted by Crippen LogP contribution is 2.17. The van der Waals surface area contributed by atoms with Gasteiger partial charge in [0.1, 0.15) is 18.1 Å². The molecule has 1 amide bonds. The molecule has 0 spiro atoms. The number of halogens is 1. The second-order valence-corrected chi connectivity index (χ2v) is 4.45. The number of carbonyl (C=O) groups excluding carboxylic acids is 2. The Kier molecular flexibility index (Phi) is 5.82. The van der Waals surface area contributed by atoms with E-state index in [1.807, 2.05) is 0 Å². The molecule has 106 valence electrons. The second-order valence-electron chi connectivity index (χ2n) is 4.09. The van der Waals surface area contributed by atoms with Crippen molar-refractivity contribution in [2.24, 2.45) is 7.05 Å². The molecule has 0 aliphatic rings. The second kappa shape index (κ2) is 7.13. The van der Waals surface area contributed by atoms with Crippen molar-refractivity contribution in [2.75, 3.05) is 13.7 Å². The van der Waals surface area contributed by atoms with E-state index in [1.165, 1.54) is 7.11 Å². The highest BCUT2D eigenvalue weighted by Gasteiger charge is 2.20. The lowest BCUT2D eigenvalue weighted by Crippen LogP contribution is -2.31. The number of unbranched alkanes of at least 4 members (excludes halogenated alkanes) is 1. The Balaban J connectivity index is 2.79. The number of esters is 1. The quantitative estimate of drug-likeness (QED) is 0.801. The van der Waals surface area contributed by atoms with Crippen LogP contribution in [-0.2, 0) is 23.0 Å². The van der Waals surface area contributed by atoms with Crippen LogP contribution in [0.15, 0.2) is 0 Å². The zero-order valence-electron chi connectivity index (χ0n) is 11.3. The van der Waals surface area contributed by atoms with Crippen LogP contribution in [0.5, 0.6) is 0 Å². The summed E-state index contributed by atoms with van der Waals surface area (Å²) in [5, 5.41) is 2.59. The fourth-order valence-electron chi connectivity index (χ4n) is 1.62. The Labute approximate surface area is 117 Å². The number of aryl methyl sites for hydroxylation is 1. The van der Waals surface area contributed by atoms with E-state index in [4.69, 9.17) is 11.6 Å². The van der Waals surface area contributed by atoms with E-state index in [2.05, 4.69) is 22.0 Å². The fourth-order valence-corrected chi connectivity index (χ4v) is 1.93. The van der Waals surface area contributed by atoms with Crippen molar-refractivity contribution < 1.29 is 14.3 Å². The maximum absolute atomic E-state index is 11.9. The summed E-state index contributed by atoms with van der Waals surface area (Å²) in [4.78, 5) is 27.1. The predicted molar refractivity (Wildman–Crippen MR) is 71.2 cm³/mol. The highest BCUT2D eigenvalue weighted by atomic mass is 35.5. The van der Waals surface area contributed by atoms with Gasteiger partial charge in [0.15, 0.2) is 5.15 Å². The van der Waals surface area contributed by atoms with E-state index in [9.17, 15) is 9.59 Å². The lowest BCUT2D eigenvalue weighted by atomic mass is 10.2. The number of rotatable bonds is 6. The molecule has 1 aromatic heterocycles. The Hall–Kier alpha value is -1.56. The van der Waals surface area contributed by atoms with Gasteiger partial charge in [0.2, 0.25) is 0 Å². The maximum atomic E-state index is 11.9. The van der Waals surface area contributed by atoms with Gasteiger partial charge in [0.25, 0.3) is 5.91 Å². The number of imidazole rings is 1. The van der Waals surface area contributed by atoms with Crippen LogP contribution in [0.4, 0.5) is 0 Å². The molecule has 6 nitrogen and oxygen atoms in total. The van der Waals surface area contributed by atoms with Crippen molar-refractivity contribution >= 4 is 23.5 Å². The van der Waals surface area contributed by atoms with Crippen LogP contribution in [0, 0.1) is 0 Å². The summed E-state index contributed by atoms with van der Waals surface area (Å²) in [5.74, 6) is -0.193. The Morgan fingerprint density at radius 3 is 2.74 bits per heavy atom. The zero-order chi connectivity index (χ0) is 14.4. The summed E-state index contributed by atoms with van der Waals surface area (Å²) in [6, 6.07) is 0. The van der Waals surface area contributed by atoms with Crippen LogP contribution >= 0.6 is 11.6 Å². The Morgan fingerprint density at radius 1 is 1.47 bits per heavy atom. The zero-order valence-corrected chi connectivity index (χ0v) is 12.1. The van der Waals surface area contributed by atoms with Gasteiger partial charge in [-0.15, -0.1) is 0 Å². The van der Waals surface area contributed by atoms with Gasteiger partial charge in [0, 0.05) is 13.5 Å². The fraction of sp³-hybridized carbons (Fsp3) is 0.583. The van der Waals surface area contributed by atoms with Crippen molar-refractivity contribution in [2.45, 2.75) is 26.2 Å². The summed E-state index contributed by atoms with van der Waals surface area (Å²) in [6.45, 7) is 1.88. The standard InChI is InChI=1S/C12H18ClN3O3/c1-4-5-6-8-15-11(13)10(16(8)2)12(18)14-7-9(17)19-3/h4-7H2,1-3H3,(H,14,18). The molecule has 0 aliphatic carbocycles. The topological polar surface area (TPSA) is 73.2 Å². The molecular weight excluding hydrogens is 270 g/mol. The molecule has 0 fully saturated rings. The minimum Gasteiger partial charge on any atom is -0.468 e. The molecule has 0 aromatic carbocycles. The van der Waals surface area contributed by atoms with Gasteiger partial charge in [-0.1, -0.05) is 24.9 Å². The third kappa shape index (κ3) is 3.96. The highest BCUT2D eigenvalue weighted by molar-refractivity contribution is 6.32. The van der Waals surface area contributed by atoms with Crippen molar-refractivity contribution in [1.29, 1.82) is 0 Å². The SMILES string of the molecule is CCCCc1nc(Cl)c(C(=O)NCC(=O)OC)n1C. The van der Waals surface area contributed by atoms with Gasteiger partial charge in [-0.3, -0.25) is 9.59 Å². The Bertz CT molecular complexity index is 471. The summed E-state index contributed by atoms with van der Waals surface area (Å²) in [5.41, 5.74) is 0.261. The molecule has 0 bridgehead atoms. The van der Waals surface area contributed by atoms with Crippen molar-refractivity contribution in [1.82, 2.24) is 14.9 Å². The number of ether oxygens (including phenoxy) is 1. The first kappa shape index (κ1) is 15.5. The van der Waals surface area contributed by atoms with Crippen LogP contribution in [0.1, 0.15) is 36.1 Å². The molecular formula is C12H18ClN3O3. The first-order chi connectivity index (χ1) is 9.01. The van der Waals surface area contributed by atoms with Gasteiger partial charge in [0.05, 0.1) is 7.11 Å². The summed E-state index contributed by atoms with van der Waals surface area (Å²) >= 11 is 5.96. The van der Waals surface area contributed by atoms with Crippen LogP contribution < -0.4 is 5.32 Å². The number of nitrogens with one attached hydrogen (secondary N) is 1. The molecule has 1 rings (SSSR count). The van der Waals surface area contributed by atoms with Gasteiger partial charge in [-0.25, -0.2) is 4.98 Å². The van der Waals surface area contributed by atoms with E-state index in [-0.39, 0.29) is 17.4 Å². The molecule has 19 heavy (non-hydrogen) atoms. The lowest BCUT2D eigenvalue weighted by Gasteiger charge is -2.06. The van der Waals surface area contributed by atoms with Crippen LogP contribution in [0.25, 0.3) is 0 Å². The first-order valence-corrected chi connectivity index (χ1v) is 6.45. The lowest BCUT2D eigenvalue weighted by molar-refractivity contribution is -0.139. The molecule has 1 heterocycles. The van der Waals surface area contributed by atoms with Crippen LogP contribution in [0.3, 0.4) is 0 Å². The van der Waals surface area contributed by atoms with Gasteiger partial charge in [-0.05, 0) is 6.42 Å². The minimum absolute atomic E-state index is 0.149. The van der Waals surface area contributed by atoms with Crippen LogP contribution in [-0.4, -0.2) is 35.1 Å². The van der Waals surface area contributed by atoms with E-state index >= 15 is 0 Å². The van der Waals surface area contributed by atoms with Gasteiger partial charge in [-0.2, -0.15) is 0 Å². The average molecular weight is 288 g/mol. The summed E-state index contributed by atoms with van der Waals surface area (Å²) in [7, 11) is 2.99. The molecule has 0 saturated heterocycles. The van der Waals surface area contributed by atoms with E-state index < -0.39 is 11.9 Å². The third-order valence-electron chi connectivity index (χ3n) is 2.74. The minimum atomic E-state index is -0.516. The molecule has 1 aromatic rings. The molecule has 0 aliphatic heterocycles. The number of nitrogens with zero attached hydrogens (tertiary/aromatic N) is 2. The van der Waals surface area contributed by atoms with E-state index in [1.54, 1.807) is 11.6 Å². The molecule has 0 radical (unpaired) electrons. The number of hydrogen-bond acceptors (Lipinski definition) is 4. The number of amides is 1. The Morgan fingerprint density at radius 2 is 2.16 bits per heavy atom. The molecule has 1 N–H and O–H groups in total. The van der Waals surface area contributed by atoms with Gasteiger partial charge >= 0.3 is 5.97 Å². The number of carbonyl (C=O) groups is 2. The first-order valence-electron chi connectivity index (χ1n) is 6.07. The van der Waals surface area contributed by atoms with Crippen LogP contribution in [0.2, 0.25) is 5.15 Å². The molecule has 0 atom stereocenters. The molecule has 0 saturated carbocycles. The number of hydrogen-bond donors (Lipinski definition) is 1. The molecule has 7 heteroatoms. The monoisotopic (exact) mass is 287 g/mol. The normalized spacial score (nSPS) is 10.3.